The van der Waals surface area contributed by atoms with E-state index in [1.165, 1.54) is 6.08 Å². The van der Waals surface area contributed by atoms with Gasteiger partial charge < -0.3 is 5.11 Å². The Morgan fingerprint density at radius 2 is 2.21 bits per heavy atom. The van der Waals surface area contributed by atoms with E-state index in [1.54, 1.807) is 0 Å². The molecule has 0 radical (unpaired) electrons. The van der Waals surface area contributed by atoms with Crippen LogP contribution in [0.4, 0.5) is 0 Å². The molecule has 72 valence electrons. The number of carboxylic acids is 1. The molecule has 14 heavy (non-hydrogen) atoms. The first-order valence-electron chi connectivity index (χ1n) is 4.40. The second-order valence-corrected chi connectivity index (χ2v) is 3.68. The zero-order valence-corrected chi connectivity index (χ0v) is 8.21. The van der Waals surface area contributed by atoms with Crippen LogP contribution in [0.2, 0.25) is 5.02 Å². The highest BCUT2D eigenvalue weighted by Crippen LogP contribution is 2.35. The van der Waals surface area contributed by atoms with E-state index in [-0.39, 0.29) is 0 Å². The summed E-state index contributed by atoms with van der Waals surface area (Å²) in [7, 11) is 0. The van der Waals surface area contributed by atoms with Gasteiger partial charge in [-0.2, -0.15) is 0 Å². The van der Waals surface area contributed by atoms with Crippen LogP contribution in [0.25, 0.3) is 5.57 Å². The van der Waals surface area contributed by atoms with Crippen LogP contribution >= 0.6 is 11.6 Å². The lowest BCUT2D eigenvalue weighted by atomic mass is 10.1. The number of hydrogen-bond donors (Lipinski definition) is 1. The molecule has 3 heteroatoms. The normalized spacial score (nSPS) is 17.1. The van der Waals surface area contributed by atoms with Gasteiger partial charge >= 0.3 is 5.97 Å². The van der Waals surface area contributed by atoms with Gasteiger partial charge in [-0.05, 0) is 35.6 Å². The van der Waals surface area contributed by atoms with E-state index in [9.17, 15) is 4.79 Å². The first kappa shape index (κ1) is 9.28. The Balaban J connectivity index is 2.50. The molecule has 0 saturated carbocycles. The molecular weight excluding hydrogens is 200 g/mol. The van der Waals surface area contributed by atoms with Gasteiger partial charge in [0.05, 0.1) is 0 Å². The van der Waals surface area contributed by atoms with Crippen LogP contribution in [0.3, 0.4) is 0 Å². The zero-order valence-electron chi connectivity index (χ0n) is 7.46. The fourth-order valence-electron chi connectivity index (χ4n) is 1.81. The van der Waals surface area contributed by atoms with Crippen LogP contribution in [0, 0.1) is 0 Å². The Bertz CT molecular complexity index is 421. The Labute approximate surface area is 86.8 Å². The number of carbonyl (C=O) groups is 1. The van der Waals surface area contributed by atoms with Crippen molar-refractivity contribution >= 4 is 23.1 Å². The van der Waals surface area contributed by atoms with Crippen LogP contribution in [-0.4, -0.2) is 11.1 Å². The number of benzene rings is 1. The van der Waals surface area contributed by atoms with Gasteiger partial charge in [-0.1, -0.05) is 23.7 Å². The fraction of sp³-hybridized carbons (Fsp3) is 0.182. The summed E-state index contributed by atoms with van der Waals surface area (Å²) >= 11 is 6.00. The van der Waals surface area contributed by atoms with Gasteiger partial charge in [0.2, 0.25) is 0 Å². The predicted molar refractivity (Wildman–Crippen MR) is 55.4 cm³/mol. The van der Waals surface area contributed by atoms with Crippen molar-refractivity contribution in [1.82, 2.24) is 0 Å². The monoisotopic (exact) mass is 208 g/mol. The molecule has 0 unspecified atom stereocenters. The number of carboxylic acid groups (broad SMARTS) is 1. The van der Waals surface area contributed by atoms with Gasteiger partial charge in [0.1, 0.15) is 0 Å². The van der Waals surface area contributed by atoms with Crippen molar-refractivity contribution < 1.29 is 9.90 Å². The summed E-state index contributed by atoms with van der Waals surface area (Å²) < 4.78 is 0. The van der Waals surface area contributed by atoms with E-state index in [0.717, 1.165) is 34.6 Å². The standard InChI is InChI=1S/C11H9ClO2/c12-10-3-1-2-8-7(6-11(13)14)4-5-9(8)10/h1-3,6H,4-5H2,(H,13,14)/b7-6-. The third kappa shape index (κ3) is 1.53. The minimum atomic E-state index is -0.896. The molecule has 1 aliphatic carbocycles. The van der Waals surface area contributed by atoms with Crippen LogP contribution in [0.5, 0.6) is 0 Å². The van der Waals surface area contributed by atoms with Crippen LogP contribution in [0.15, 0.2) is 24.3 Å². The summed E-state index contributed by atoms with van der Waals surface area (Å²) in [5.74, 6) is -0.896. The lowest BCUT2D eigenvalue weighted by molar-refractivity contribution is -0.131. The second kappa shape index (κ2) is 3.46. The summed E-state index contributed by atoms with van der Waals surface area (Å²) in [4.78, 5) is 10.5. The second-order valence-electron chi connectivity index (χ2n) is 3.27. The van der Waals surface area contributed by atoms with Crippen molar-refractivity contribution in [3.63, 3.8) is 0 Å². The maximum Gasteiger partial charge on any atom is 0.328 e. The van der Waals surface area contributed by atoms with Crippen molar-refractivity contribution in [3.8, 4) is 0 Å². The van der Waals surface area contributed by atoms with Crippen LogP contribution in [0.1, 0.15) is 17.5 Å². The molecule has 0 aliphatic heterocycles. The molecule has 0 amide bonds. The molecule has 0 bridgehead atoms. The summed E-state index contributed by atoms with van der Waals surface area (Å²) in [6, 6.07) is 5.61. The molecule has 1 aromatic carbocycles. The van der Waals surface area contributed by atoms with Crippen molar-refractivity contribution in [2.24, 2.45) is 0 Å². The number of fused-ring (bicyclic) bond motifs is 1. The zero-order chi connectivity index (χ0) is 10.1. The smallest absolute Gasteiger partial charge is 0.328 e. The third-order valence-electron chi connectivity index (χ3n) is 2.41. The van der Waals surface area contributed by atoms with E-state index in [4.69, 9.17) is 16.7 Å². The maximum atomic E-state index is 10.5. The number of aliphatic carboxylic acids is 1. The highest BCUT2D eigenvalue weighted by Gasteiger charge is 2.18. The van der Waals surface area contributed by atoms with E-state index in [2.05, 4.69) is 0 Å². The van der Waals surface area contributed by atoms with Gasteiger partial charge in [0, 0.05) is 11.1 Å². The molecule has 0 aromatic heterocycles. The highest BCUT2D eigenvalue weighted by atomic mass is 35.5. The van der Waals surface area contributed by atoms with Crippen molar-refractivity contribution in [1.29, 1.82) is 0 Å². The average molecular weight is 209 g/mol. The van der Waals surface area contributed by atoms with E-state index < -0.39 is 5.97 Å². The summed E-state index contributed by atoms with van der Waals surface area (Å²) in [5.41, 5.74) is 2.93. The largest absolute Gasteiger partial charge is 0.478 e. The quantitative estimate of drug-likeness (QED) is 0.721. The molecule has 0 saturated heterocycles. The summed E-state index contributed by atoms with van der Waals surface area (Å²) in [5, 5.41) is 9.39. The SMILES string of the molecule is O=C(O)/C=C1/CCc2c(Cl)cccc21. The topological polar surface area (TPSA) is 37.3 Å². The third-order valence-corrected chi connectivity index (χ3v) is 2.76. The fourth-order valence-corrected chi connectivity index (χ4v) is 2.08. The van der Waals surface area contributed by atoms with Gasteiger partial charge in [-0.15, -0.1) is 0 Å². The lowest BCUT2D eigenvalue weighted by Crippen LogP contribution is -1.89. The van der Waals surface area contributed by atoms with Crippen molar-refractivity contribution in [3.05, 3.63) is 40.4 Å². The molecular formula is C11H9ClO2. The Hall–Kier alpha value is -1.28. The number of allylic oxidation sites excluding steroid dienone is 1. The van der Waals surface area contributed by atoms with Gasteiger partial charge in [-0.25, -0.2) is 4.79 Å². The molecule has 1 aromatic rings. The first-order valence-corrected chi connectivity index (χ1v) is 4.77. The molecule has 1 N–H and O–H groups in total. The van der Waals surface area contributed by atoms with Gasteiger partial charge in [0.15, 0.2) is 0 Å². The van der Waals surface area contributed by atoms with Crippen molar-refractivity contribution in [2.75, 3.05) is 0 Å². The number of rotatable bonds is 1. The van der Waals surface area contributed by atoms with Crippen LogP contribution < -0.4 is 0 Å². The molecule has 2 nitrogen and oxygen atoms in total. The van der Waals surface area contributed by atoms with E-state index in [0.29, 0.717) is 0 Å². The lowest BCUT2D eigenvalue weighted by Gasteiger charge is -2.00. The summed E-state index contributed by atoms with van der Waals surface area (Å²) in [6.07, 6.45) is 2.88. The Morgan fingerprint density at radius 1 is 1.43 bits per heavy atom. The van der Waals surface area contributed by atoms with Gasteiger partial charge in [0.25, 0.3) is 0 Å². The molecule has 0 atom stereocenters. The highest BCUT2D eigenvalue weighted by molar-refractivity contribution is 6.31. The predicted octanol–water partition coefficient (Wildman–Crippen LogP) is 2.75. The number of halogens is 1. The van der Waals surface area contributed by atoms with Gasteiger partial charge in [-0.3, -0.25) is 0 Å². The Morgan fingerprint density at radius 3 is 2.93 bits per heavy atom. The minimum Gasteiger partial charge on any atom is -0.478 e. The minimum absolute atomic E-state index is 0.733. The first-order chi connectivity index (χ1) is 6.68. The molecule has 2 rings (SSSR count). The molecule has 1 aliphatic rings. The van der Waals surface area contributed by atoms with E-state index >= 15 is 0 Å². The molecule has 0 spiro atoms. The van der Waals surface area contributed by atoms with Crippen molar-refractivity contribution in [2.45, 2.75) is 12.8 Å². The average Bonchev–Trinajstić information content (AvgIpc) is 2.49. The maximum absolute atomic E-state index is 10.5. The molecule has 0 heterocycles. The number of hydrogen-bond acceptors (Lipinski definition) is 1. The Kier molecular flexibility index (Phi) is 2.30. The van der Waals surface area contributed by atoms with E-state index in [1.807, 2.05) is 18.2 Å². The molecule has 0 fully saturated rings. The summed E-state index contributed by atoms with van der Waals surface area (Å²) in [6.45, 7) is 0. The van der Waals surface area contributed by atoms with Crippen LogP contribution in [-0.2, 0) is 11.2 Å².